The van der Waals surface area contributed by atoms with Crippen molar-refractivity contribution in [1.82, 2.24) is 4.98 Å². The maximum Gasteiger partial charge on any atom is 0.340 e. The molecule has 1 aliphatic heterocycles. The van der Waals surface area contributed by atoms with Crippen molar-refractivity contribution in [1.29, 1.82) is 0 Å². The molecule has 1 aromatic heterocycles. The molecule has 1 saturated carbocycles. The van der Waals surface area contributed by atoms with E-state index in [1.165, 1.54) is 24.1 Å². The van der Waals surface area contributed by atoms with Gasteiger partial charge in [0.1, 0.15) is 0 Å². The van der Waals surface area contributed by atoms with Crippen molar-refractivity contribution >= 4 is 11.7 Å². The zero-order chi connectivity index (χ0) is 23.1. The first-order chi connectivity index (χ1) is 14.3. The number of aromatic nitrogens is 1. The van der Waals surface area contributed by atoms with Crippen LogP contribution in [0.25, 0.3) is 0 Å². The van der Waals surface area contributed by atoms with Crippen LogP contribution in [0.3, 0.4) is 0 Å². The van der Waals surface area contributed by atoms with E-state index in [0.717, 1.165) is 42.9 Å². The highest BCUT2D eigenvalue weighted by molar-refractivity contribution is 5.81. The number of nitrogens with zero attached hydrogens (tertiary/aromatic N) is 2. The number of piperidine rings is 1. The van der Waals surface area contributed by atoms with Crippen LogP contribution >= 0.6 is 0 Å². The van der Waals surface area contributed by atoms with E-state index >= 15 is 0 Å². The summed E-state index contributed by atoms with van der Waals surface area (Å²) in [6, 6.07) is 0. The number of rotatable bonds is 6. The first kappa shape index (κ1) is 24.0. The Kier molecular flexibility index (Phi) is 6.76. The summed E-state index contributed by atoms with van der Waals surface area (Å²) in [5.74, 6) is 0.215. The Balaban J connectivity index is 2.16. The number of ether oxygens (including phenoxy) is 2. The summed E-state index contributed by atoms with van der Waals surface area (Å²) >= 11 is 0. The van der Waals surface area contributed by atoms with E-state index in [2.05, 4.69) is 25.7 Å². The molecule has 0 N–H and O–H groups in total. The standard InChI is InChI=1S/C26H42N2O3/c1-16(2)30-24(29)23(31-25(5,6)7)21-18(4)27-17(3)20(19-10-11-19)22(21)28-14-12-26(8,9)13-15-28/h16,19,23H,10-15H2,1-9H3/t23-/m0/s1. The van der Waals surface area contributed by atoms with E-state index in [0.29, 0.717) is 11.3 Å². The Hall–Kier alpha value is -1.62. The summed E-state index contributed by atoms with van der Waals surface area (Å²) in [7, 11) is 0. The average molecular weight is 431 g/mol. The van der Waals surface area contributed by atoms with Gasteiger partial charge in [0.15, 0.2) is 6.10 Å². The molecule has 1 saturated heterocycles. The van der Waals surface area contributed by atoms with Crippen molar-refractivity contribution in [3.8, 4) is 0 Å². The average Bonchev–Trinajstić information content (AvgIpc) is 3.43. The molecule has 0 unspecified atom stereocenters. The minimum absolute atomic E-state index is 0.195. The Labute approximate surface area is 188 Å². The lowest BCUT2D eigenvalue weighted by Crippen LogP contribution is -2.40. The fourth-order valence-corrected chi connectivity index (χ4v) is 4.58. The molecule has 2 aliphatic rings. The van der Waals surface area contributed by atoms with Crippen molar-refractivity contribution < 1.29 is 14.3 Å². The Morgan fingerprint density at radius 3 is 2.16 bits per heavy atom. The number of hydrogen-bond donors (Lipinski definition) is 0. The van der Waals surface area contributed by atoms with E-state index < -0.39 is 11.7 Å². The quantitative estimate of drug-likeness (QED) is 0.517. The fraction of sp³-hybridized carbons (Fsp3) is 0.769. The molecule has 31 heavy (non-hydrogen) atoms. The van der Waals surface area contributed by atoms with Crippen molar-refractivity contribution in [3.05, 3.63) is 22.5 Å². The van der Waals surface area contributed by atoms with Crippen molar-refractivity contribution in [2.45, 2.75) is 112 Å². The van der Waals surface area contributed by atoms with E-state index in [9.17, 15) is 4.79 Å². The van der Waals surface area contributed by atoms with Crippen molar-refractivity contribution in [2.24, 2.45) is 5.41 Å². The lowest BCUT2D eigenvalue weighted by molar-refractivity contribution is -0.171. The highest BCUT2D eigenvalue weighted by Crippen LogP contribution is 2.50. The second-order valence-electron chi connectivity index (χ2n) is 11.5. The van der Waals surface area contributed by atoms with E-state index in [1.54, 1.807) is 0 Å². The normalized spacial score (nSPS) is 20.1. The minimum atomic E-state index is -0.780. The maximum absolute atomic E-state index is 13.3. The molecule has 0 spiro atoms. The van der Waals surface area contributed by atoms with Crippen LogP contribution in [0.5, 0.6) is 0 Å². The third-order valence-corrected chi connectivity index (χ3v) is 6.34. The van der Waals surface area contributed by atoms with Crippen LogP contribution in [0.4, 0.5) is 5.69 Å². The van der Waals surface area contributed by atoms with E-state index in [-0.39, 0.29) is 12.1 Å². The molecule has 0 amide bonds. The topological polar surface area (TPSA) is 51.7 Å². The molecule has 2 heterocycles. The smallest absolute Gasteiger partial charge is 0.340 e. The number of carbonyl (C=O) groups is 1. The van der Waals surface area contributed by atoms with Crippen LogP contribution in [0, 0.1) is 19.3 Å². The maximum atomic E-state index is 13.3. The van der Waals surface area contributed by atoms with Crippen LogP contribution in [-0.2, 0) is 14.3 Å². The van der Waals surface area contributed by atoms with Gasteiger partial charge in [0, 0.05) is 35.6 Å². The first-order valence-electron chi connectivity index (χ1n) is 11.9. The second kappa shape index (κ2) is 8.73. The lowest BCUT2D eigenvalue weighted by atomic mass is 9.82. The Morgan fingerprint density at radius 1 is 1.10 bits per heavy atom. The van der Waals surface area contributed by atoms with Gasteiger partial charge in [-0.05, 0) is 85.5 Å². The van der Waals surface area contributed by atoms with Crippen LogP contribution < -0.4 is 4.90 Å². The number of anilines is 1. The largest absolute Gasteiger partial charge is 0.461 e. The number of pyridine rings is 1. The van der Waals surface area contributed by atoms with Gasteiger partial charge in [-0.3, -0.25) is 4.98 Å². The van der Waals surface area contributed by atoms with Crippen LogP contribution in [0.2, 0.25) is 0 Å². The van der Waals surface area contributed by atoms with E-state index in [1.807, 2.05) is 41.5 Å². The third-order valence-electron chi connectivity index (χ3n) is 6.34. The number of esters is 1. The van der Waals surface area contributed by atoms with Gasteiger partial charge in [-0.25, -0.2) is 4.79 Å². The summed E-state index contributed by atoms with van der Waals surface area (Å²) < 4.78 is 12.1. The predicted molar refractivity (Wildman–Crippen MR) is 126 cm³/mol. The van der Waals surface area contributed by atoms with Gasteiger partial charge in [-0.2, -0.15) is 0 Å². The van der Waals surface area contributed by atoms with Crippen LogP contribution in [0.15, 0.2) is 0 Å². The monoisotopic (exact) mass is 430 g/mol. The minimum Gasteiger partial charge on any atom is -0.461 e. The fourth-order valence-electron chi connectivity index (χ4n) is 4.58. The van der Waals surface area contributed by atoms with Crippen LogP contribution in [-0.4, -0.2) is 35.7 Å². The zero-order valence-corrected chi connectivity index (χ0v) is 21.1. The second-order valence-corrected chi connectivity index (χ2v) is 11.5. The molecule has 3 rings (SSSR count). The molecule has 1 aromatic rings. The molecule has 5 heteroatoms. The lowest BCUT2D eigenvalue weighted by Gasteiger charge is -2.41. The van der Waals surface area contributed by atoms with Crippen molar-refractivity contribution in [2.75, 3.05) is 18.0 Å². The highest BCUT2D eigenvalue weighted by atomic mass is 16.6. The molecule has 1 aliphatic carbocycles. The molecular weight excluding hydrogens is 388 g/mol. The molecule has 5 nitrogen and oxygen atoms in total. The Morgan fingerprint density at radius 2 is 1.68 bits per heavy atom. The summed E-state index contributed by atoms with van der Waals surface area (Å²) in [6.07, 6.45) is 3.69. The number of hydrogen-bond acceptors (Lipinski definition) is 5. The summed E-state index contributed by atoms with van der Waals surface area (Å²) in [5.41, 5.74) is 5.25. The van der Waals surface area contributed by atoms with Crippen LogP contribution in [0.1, 0.15) is 109 Å². The molecule has 0 radical (unpaired) electrons. The highest BCUT2D eigenvalue weighted by Gasteiger charge is 2.40. The molecule has 0 bridgehead atoms. The molecule has 174 valence electrons. The van der Waals surface area contributed by atoms with Gasteiger partial charge in [-0.15, -0.1) is 0 Å². The summed E-state index contributed by atoms with van der Waals surface area (Å²) in [4.78, 5) is 20.7. The van der Waals surface area contributed by atoms with E-state index in [4.69, 9.17) is 14.5 Å². The predicted octanol–water partition coefficient (Wildman–Crippen LogP) is 6.01. The van der Waals surface area contributed by atoms with Gasteiger partial charge in [0.05, 0.1) is 17.4 Å². The van der Waals surface area contributed by atoms with Crippen molar-refractivity contribution in [3.63, 3.8) is 0 Å². The van der Waals surface area contributed by atoms with Gasteiger partial charge >= 0.3 is 5.97 Å². The number of carbonyl (C=O) groups excluding carboxylic acids is 1. The molecule has 0 aromatic carbocycles. The molecular formula is C26H42N2O3. The molecule has 2 fully saturated rings. The van der Waals surface area contributed by atoms with Gasteiger partial charge in [0.25, 0.3) is 0 Å². The summed E-state index contributed by atoms with van der Waals surface area (Å²) in [5, 5.41) is 0. The van der Waals surface area contributed by atoms with Gasteiger partial charge in [-0.1, -0.05) is 13.8 Å². The zero-order valence-electron chi connectivity index (χ0n) is 21.1. The molecule has 1 atom stereocenters. The first-order valence-corrected chi connectivity index (χ1v) is 11.9. The Bertz CT molecular complexity index is 809. The summed E-state index contributed by atoms with van der Waals surface area (Å²) in [6.45, 7) is 20.5. The van der Waals surface area contributed by atoms with Gasteiger partial charge < -0.3 is 14.4 Å². The van der Waals surface area contributed by atoms with Gasteiger partial charge in [0.2, 0.25) is 0 Å². The SMILES string of the molecule is Cc1nc(C)c([C@H](OC(C)(C)C)C(=O)OC(C)C)c(N2CCC(C)(C)CC2)c1C1CC1. The third kappa shape index (κ3) is 5.79. The number of aryl methyl sites for hydroxylation is 2.